The lowest BCUT2D eigenvalue weighted by atomic mass is 9.95. The summed E-state index contributed by atoms with van der Waals surface area (Å²) in [4.78, 5) is 13.4. The second kappa shape index (κ2) is 5.27. The molecule has 6 heteroatoms. The number of anilines is 2. The van der Waals surface area contributed by atoms with Crippen LogP contribution in [0.4, 0.5) is 15.8 Å². The Morgan fingerprint density at radius 2 is 2.24 bits per heavy atom. The molecule has 0 spiro atoms. The zero-order chi connectivity index (χ0) is 15.1. The highest BCUT2D eigenvalue weighted by molar-refractivity contribution is 6.02. The average Bonchev–Trinajstić information content (AvgIpc) is 2.74. The highest BCUT2D eigenvalue weighted by Gasteiger charge is 2.32. The van der Waals surface area contributed by atoms with Crippen LogP contribution in [0, 0.1) is 11.7 Å². The molecule has 3 unspecified atom stereocenters. The van der Waals surface area contributed by atoms with Gasteiger partial charge in [-0.25, -0.2) is 4.39 Å². The number of benzene rings is 1. The third-order valence-corrected chi connectivity index (χ3v) is 4.45. The molecule has 2 N–H and O–H groups in total. The van der Waals surface area contributed by atoms with Crippen molar-refractivity contribution in [3.8, 4) is 0 Å². The van der Waals surface area contributed by atoms with Gasteiger partial charge in [-0.05, 0) is 24.5 Å². The first-order valence-corrected chi connectivity index (χ1v) is 7.11. The first-order chi connectivity index (χ1) is 10.0. The van der Waals surface area contributed by atoms with Crippen LogP contribution in [0.15, 0.2) is 12.1 Å². The number of aliphatic hydroxyl groups excluding tert-OH is 1. The van der Waals surface area contributed by atoms with Gasteiger partial charge in [0.25, 0.3) is 5.91 Å². The number of methoxy groups -OCH3 is 1. The predicted octanol–water partition coefficient (Wildman–Crippen LogP) is 1.67. The van der Waals surface area contributed by atoms with E-state index in [0.29, 0.717) is 29.4 Å². The number of hydrogen-bond acceptors (Lipinski definition) is 4. The Kier molecular flexibility index (Phi) is 3.59. The lowest BCUT2D eigenvalue weighted by molar-refractivity contribution is -0.123. The fourth-order valence-corrected chi connectivity index (χ4v) is 3.06. The molecule has 114 valence electrons. The number of carbonyl (C=O) groups excluding carboxylic acids is 1. The van der Waals surface area contributed by atoms with Crippen molar-refractivity contribution in [3.63, 3.8) is 0 Å². The molecule has 2 aliphatic heterocycles. The number of fused-ring (bicyclic) bond motifs is 1. The molecule has 3 rings (SSSR count). The molecule has 2 aliphatic rings. The van der Waals surface area contributed by atoms with Crippen molar-refractivity contribution in [1.29, 1.82) is 0 Å². The number of aliphatic hydroxyl groups is 1. The Morgan fingerprint density at radius 3 is 2.95 bits per heavy atom. The van der Waals surface area contributed by atoms with Gasteiger partial charge in [-0.15, -0.1) is 0 Å². The molecule has 3 atom stereocenters. The monoisotopic (exact) mass is 294 g/mol. The molecule has 1 fully saturated rings. The lowest BCUT2D eigenvalue weighted by Gasteiger charge is -2.37. The molecular weight excluding hydrogens is 275 g/mol. The summed E-state index contributed by atoms with van der Waals surface area (Å²) in [6, 6.07) is 2.84. The second-order valence-corrected chi connectivity index (χ2v) is 5.77. The minimum Gasteiger partial charge on any atom is -0.379 e. The summed E-state index contributed by atoms with van der Waals surface area (Å²) in [6.45, 7) is 3.48. The molecule has 1 aromatic rings. The van der Waals surface area contributed by atoms with Gasteiger partial charge in [0, 0.05) is 31.5 Å². The van der Waals surface area contributed by atoms with E-state index >= 15 is 0 Å². The molecule has 1 amide bonds. The van der Waals surface area contributed by atoms with E-state index in [1.165, 1.54) is 6.07 Å². The summed E-state index contributed by atoms with van der Waals surface area (Å²) < 4.78 is 19.8. The number of piperidine rings is 1. The molecule has 0 aromatic heterocycles. The standard InChI is InChI=1S/C15H19FN2O3/c1-8-3-4-18(7-13(8)21-2)12-6-11-9(5-10(12)16)14(19)15(20)17-11/h5-6,8,13-14,19H,3-4,7H2,1-2H3,(H,17,20). The number of halogens is 1. The second-order valence-electron chi connectivity index (χ2n) is 5.77. The van der Waals surface area contributed by atoms with Gasteiger partial charge in [0.15, 0.2) is 6.10 Å². The van der Waals surface area contributed by atoms with Crippen molar-refractivity contribution < 1.29 is 19.0 Å². The van der Waals surface area contributed by atoms with E-state index in [0.717, 1.165) is 13.0 Å². The van der Waals surface area contributed by atoms with Crippen molar-refractivity contribution in [2.75, 3.05) is 30.4 Å². The van der Waals surface area contributed by atoms with E-state index < -0.39 is 17.8 Å². The predicted molar refractivity (Wildman–Crippen MR) is 76.8 cm³/mol. The van der Waals surface area contributed by atoms with Crippen molar-refractivity contribution in [2.24, 2.45) is 5.92 Å². The van der Waals surface area contributed by atoms with Crippen LogP contribution in [0.25, 0.3) is 0 Å². The van der Waals surface area contributed by atoms with Gasteiger partial charge < -0.3 is 20.1 Å². The zero-order valence-corrected chi connectivity index (χ0v) is 12.1. The maximum atomic E-state index is 14.3. The van der Waals surface area contributed by atoms with Crippen molar-refractivity contribution in [2.45, 2.75) is 25.6 Å². The molecule has 0 bridgehead atoms. The van der Waals surface area contributed by atoms with E-state index in [9.17, 15) is 14.3 Å². The summed E-state index contributed by atoms with van der Waals surface area (Å²) in [5, 5.41) is 12.3. The van der Waals surface area contributed by atoms with Gasteiger partial charge in [-0.3, -0.25) is 4.79 Å². The average molecular weight is 294 g/mol. The van der Waals surface area contributed by atoms with E-state index in [4.69, 9.17) is 4.74 Å². The van der Waals surface area contributed by atoms with E-state index in [-0.39, 0.29) is 6.10 Å². The quantitative estimate of drug-likeness (QED) is 0.871. The molecule has 0 aliphatic carbocycles. The third kappa shape index (κ3) is 2.38. The van der Waals surface area contributed by atoms with Crippen LogP contribution in [0.1, 0.15) is 25.0 Å². The van der Waals surface area contributed by atoms with Gasteiger partial charge in [0.2, 0.25) is 0 Å². The van der Waals surface area contributed by atoms with Crippen LogP contribution in [0.5, 0.6) is 0 Å². The summed E-state index contributed by atoms with van der Waals surface area (Å²) in [6.07, 6.45) is -0.299. The Bertz CT molecular complexity index is 578. The number of rotatable bonds is 2. The first kappa shape index (κ1) is 14.3. The highest BCUT2D eigenvalue weighted by Crippen LogP contribution is 2.37. The van der Waals surface area contributed by atoms with Crippen molar-refractivity contribution in [3.05, 3.63) is 23.5 Å². The number of ether oxygens (including phenoxy) is 1. The summed E-state index contributed by atoms with van der Waals surface area (Å²) in [5.41, 5.74) is 1.23. The third-order valence-electron chi connectivity index (χ3n) is 4.45. The van der Waals surface area contributed by atoms with Gasteiger partial charge >= 0.3 is 0 Å². The Balaban J connectivity index is 1.90. The van der Waals surface area contributed by atoms with Gasteiger partial charge in [-0.2, -0.15) is 0 Å². The molecular formula is C15H19FN2O3. The largest absolute Gasteiger partial charge is 0.379 e. The Hall–Kier alpha value is -1.66. The van der Waals surface area contributed by atoms with Crippen LogP contribution in [0.2, 0.25) is 0 Å². The van der Waals surface area contributed by atoms with Crippen LogP contribution in [-0.4, -0.2) is 37.3 Å². The van der Waals surface area contributed by atoms with Gasteiger partial charge in [0.05, 0.1) is 11.8 Å². The summed E-state index contributed by atoms with van der Waals surface area (Å²) in [5.74, 6) is -0.498. The van der Waals surface area contributed by atoms with E-state index in [1.54, 1.807) is 13.2 Å². The van der Waals surface area contributed by atoms with Crippen LogP contribution < -0.4 is 10.2 Å². The minimum absolute atomic E-state index is 0.0617. The molecule has 0 saturated carbocycles. The van der Waals surface area contributed by atoms with Crippen LogP contribution in [0.3, 0.4) is 0 Å². The lowest BCUT2D eigenvalue weighted by Crippen LogP contribution is -2.44. The van der Waals surface area contributed by atoms with Crippen LogP contribution >= 0.6 is 0 Å². The summed E-state index contributed by atoms with van der Waals surface area (Å²) in [7, 11) is 1.67. The molecule has 1 saturated heterocycles. The number of amides is 1. The number of nitrogens with zero attached hydrogens (tertiary/aromatic N) is 1. The normalized spacial score (nSPS) is 28.5. The summed E-state index contributed by atoms with van der Waals surface area (Å²) >= 11 is 0. The smallest absolute Gasteiger partial charge is 0.257 e. The zero-order valence-electron chi connectivity index (χ0n) is 12.1. The molecule has 5 nitrogen and oxygen atoms in total. The molecule has 2 heterocycles. The topological polar surface area (TPSA) is 61.8 Å². The van der Waals surface area contributed by atoms with Crippen LogP contribution in [-0.2, 0) is 9.53 Å². The van der Waals surface area contributed by atoms with Crippen molar-refractivity contribution in [1.82, 2.24) is 0 Å². The molecule has 0 radical (unpaired) electrons. The minimum atomic E-state index is -1.28. The molecule has 21 heavy (non-hydrogen) atoms. The maximum Gasteiger partial charge on any atom is 0.257 e. The Labute approximate surface area is 122 Å². The number of carbonyl (C=O) groups is 1. The number of nitrogens with one attached hydrogen (secondary N) is 1. The Morgan fingerprint density at radius 1 is 1.48 bits per heavy atom. The fourth-order valence-electron chi connectivity index (χ4n) is 3.06. The SMILES string of the molecule is COC1CN(c2cc3c(cc2F)C(O)C(=O)N3)CCC1C. The van der Waals surface area contributed by atoms with Gasteiger partial charge in [0.1, 0.15) is 5.82 Å². The van der Waals surface area contributed by atoms with Gasteiger partial charge in [-0.1, -0.05) is 6.92 Å². The van der Waals surface area contributed by atoms with Crippen molar-refractivity contribution >= 4 is 17.3 Å². The molecule has 1 aromatic carbocycles. The number of hydrogen-bond donors (Lipinski definition) is 2. The maximum absolute atomic E-state index is 14.3. The first-order valence-electron chi connectivity index (χ1n) is 7.11. The van der Waals surface area contributed by atoms with E-state index in [2.05, 4.69) is 12.2 Å². The fraction of sp³-hybridized carbons (Fsp3) is 0.533. The highest BCUT2D eigenvalue weighted by atomic mass is 19.1. The van der Waals surface area contributed by atoms with E-state index in [1.807, 2.05) is 4.90 Å².